The standard InChI is InChI=1S/C20H21NO.BrH/c1-2-6-13(7-3-1)19-16-9-5-4-8-15(16)17-12-14-10-11-18(21-14)20(17)22-19;/h1-9,14,17-21H,10-12H2;1H/t14-,17?,18+,19?,20?;/m0./s1. The van der Waals surface area contributed by atoms with Crippen molar-refractivity contribution in [3.63, 3.8) is 0 Å². The zero-order chi connectivity index (χ0) is 14.5. The van der Waals surface area contributed by atoms with Crippen LogP contribution in [0.2, 0.25) is 0 Å². The molecule has 3 aliphatic heterocycles. The summed E-state index contributed by atoms with van der Waals surface area (Å²) in [5.41, 5.74) is 4.16. The van der Waals surface area contributed by atoms with Gasteiger partial charge in [-0.1, -0.05) is 54.6 Å². The molecule has 0 aromatic heterocycles. The quantitative estimate of drug-likeness (QED) is 0.803. The molecule has 0 spiro atoms. The van der Waals surface area contributed by atoms with Gasteiger partial charge in [-0.05, 0) is 36.0 Å². The first-order valence-electron chi connectivity index (χ1n) is 8.45. The first-order chi connectivity index (χ1) is 10.9. The molecule has 120 valence electrons. The molecule has 0 radical (unpaired) electrons. The Balaban J connectivity index is 0.00000135. The molecule has 5 rings (SSSR count). The summed E-state index contributed by atoms with van der Waals surface area (Å²) in [7, 11) is 0. The molecule has 23 heavy (non-hydrogen) atoms. The van der Waals surface area contributed by atoms with Gasteiger partial charge in [-0.2, -0.15) is 0 Å². The molecule has 3 heterocycles. The van der Waals surface area contributed by atoms with Crippen molar-refractivity contribution in [2.45, 2.75) is 49.5 Å². The summed E-state index contributed by atoms with van der Waals surface area (Å²) in [5.74, 6) is 0.565. The van der Waals surface area contributed by atoms with Gasteiger partial charge in [0.15, 0.2) is 0 Å². The Morgan fingerprint density at radius 1 is 0.870 bits per heavy atom. The van der Waals surface area contributed by atoms with Gasteiger partial charge in [-0.15, -0.1) is 17.0 Å². The lowest BCUT2D eigenvalue weighted by atomic mass is 9.77. The van der Waals surface area contributed by atoms with E-state index in [1.807, 2.05) is 0 Å². The minimum Gasteiger partial charge on any atom is -0.363 e. The zero-order valence-corrected chi connectivity index (χ0v) is 14.7. The largest absolute Gasteiger partial charge is 0.363 e. The SMILES string of the molecule is Br.c1ccc(C2OC3C(C[C@@H]4CC[C@H]3N4)c3ccccc32)cc1. The molecule has 2 aromatic rings. The van der Waals surface area contributed by atoms with Crippen molar-refractivity contribution < 1.29 is 4.74 Å². The summed E-state index contributed by atoms with van der Waals surface area (Å²) < 4.78 is 6.67. The van der Waals surface area contributed by atoms with Crippen LogP contribution in [0, 0.1) is 0 Å². The highest BCUT2D eigenvalue weighted by atomic mass is 79.9. The molecule has 0 amide bonds. The van der Waals surface area contributed by atoms with E-state index < -0.39 is 0 Å². The van der Waals surface area contributed by atoms with Crippen molar-refractivity contribution in [2.24, 2.45) is 0 Å². The second kappa shape index (κ2) is 6.04. The van der Waals surface area contributed by atoms with Crippen LogP contribution in [-0.2, 0) is 4.74 Å². The Morgan fingerprint density at radius 3 is 2.43 bits per heavy atom. The normalized spacial score (nSPS) is 34.2. The van der Waals surface area contributed by atoms with E-state index in [4.69, 9.17) is 4.74 Å². The van der Waals surface area contributed by atoms with Crippen molar-refractivity contribution in [3.8, 4) is 0 Å². The third kappa shape index (κ3) is 2.46. The predicted molar refractivity (Wildman–Crippen MR) is 97.2 cm³/mol. The highest BCUT2D eigenvalue weighted by molar-refractivity contribution is 8.93. The molecule has 3 aliphatic rings. The first-order valence-corrected chi connectivity index (χ1v) is 8.45. The number of halogens is 1. The second-order valence-corrected chi connectivity index (χ2v) is 6.91. The molecule has 0 saturated carbocycles. The number of hydrogen-bond donors (Lipinski definition) is 1. The van der Waals surface area contributed by atoms with E-state index in [9.17, 15) is 0 Å². The molecule has 3 heteroatoms. The van der Waals surface area contributed by atoms with E-state index >= 15 is 0 Å². The first kappa shape index (κ1) is 15.4. The van der Waals surface area contributed by atoms with Crippen LogP contribution in [0.1, 0.15) is 48.0 Å². The topological polar surface area (TPSA) is 21.3 Å². The van der Waals surface area contributed by atoms with Gasteiger partial charge in [0.25, 0.3) is 0 Å². The van der Waals surface area contributed by atoms with Crippen LogP contribution in [0.15, 0.2) is 54.6 Å². The van der Waals surface area contributed by atoms with E-state index in [0.717, 1.165) is 0 Å². The lowest BCUT2D eigenvalue weighted by Gasteiger charge is -2.44. The average molecular weight is 372 g/mol. The van der Waals surface area contributed by atoms with E-state index in [1.165, 1.54) is 36.0 Å². The molecule has 0 aliphatic carbocycles. The summed E-state index contributed by atoms with van der Waals surface area (Å²) in [6.45, 7) is 0. The lowest BCUT2D eigenvalue weighted by molar-refractivity contribution is -0.0516. The Bertz CT molecular complexity index is 689. The number of hydrogen-bond acceptors (Lipinski definition) is 2. The van der Waals surface area contributed by atoms with Gasteiger partial charge in [-0.25, -0.2) is 0 Å². The van der Waals surface area contributed by atoms with Gasteiger partial charge in [0.05, 0.1) is 6.10 Å². The Morgan fingerprint density at radius 2 is 1.61 bits per heavy atom. The van der Waals surface area contributed by atoms with Crippen LogP contribution in [0.25, 0.3) is 0 Å². The highest BCUT2D eigenvalue weighted by Gasteiger charge is 2.47. The Hall–Kier alpha value is -1.16. The summed E-state index contributed by atoms with van der Waals surface area (Å²) in [6, 6.07) is 20.8. The number of ether oxygens (including phenoxy) is 1. The second-order valence-electron chi connectivity index (χ2n) is 6.91. The average Bonchev–Trinajstić information content (AvgIpc) is 2.98. The molecular formula is C20H22BrNO. The van der Waals surface area contributed by atoms with Crippen molar-refractivity contribution in [2.75, 3.05) is 0 Å². The van der Waals surface area contributed by atoms with Gasteiger partial charge < -0.3 is 10.1 Å². The van der Waals surface area contributed by atoms with Gasteiger partial charge in [-0.3, -0.25) is 0 Å². The predicted octanol–water partition coefficient (Wildman–Crippen LogP) is 4.36. The molecule has 2 bridgehead atoms. The minimum absolute atomic E-state index is 0. The molecule has 2 aromatic carbocycles. The van der Waals surface area contributed by atoms with Gasteiger partial charge in [0.2, 0.25) is 0 Å². The van der Waals surface area contributed by atoms with Gasteiger partial charge in [0.1, 0.15) is 6.10 Å². The highest BCUT2D eigenvalue weighted by Crippen LogP contribution is 2.48. The van der Waals surface area contributed by atoms with E-state index in [-0.39, 0.29) is 23.1 Å². The van der Waals surface area contributed by atoms with Crippen molar-refractivity contribution in [1.29, 1.82) is 0 Å². The number of fused-ring (bicyclic) bond motifs is 6. The molecule has 1 N–H and O–H groups in total. The third-order valence-corrected chi connectivity index (χ3v) is 5.68. The van der Waals surface area contributed by atoms with Crippen molar-refractivity contribution in [3.05, 3.63) is 71.3 Å². The molecule has 5 atom stereocenters. The van der Waals surface area contributed by atoms with Crippen molar-refractivity contribution >= 4 is 17.0 Å². The van der Waals surface area contributed by atoms with Crippen molar-refractivity contribution in [1.82, 2.24) is 5.32 Å². The summed E-state index contributed by atoms with van der Waals surface area (Å²) >= 11 is 0. The maximum absolute atomic E-state index is 6.67. The molecule has 2 nitrogen and oxygen atoms in total. The molecule has 2 fully saturated rings. The minimum atomic E-state index is 0. The third-order valence-electron chi connectivity index (χ3n) is 5.68. The maximum Gasteiger partial charge on any atom is 0.108 e. The Kier molecular flexibility index (Phi) is 4.04. The fourth-order valence-electron chi connectivity index (χ4n) is 4.71. The lowest BCUT2D eigenvalue weighted by Crippen LogP contribution is -2.51. The van der Waals surface area contributed by atoms with Crippen LogP contribution in [0.5, 0.6) is 0 Å². The molecule has 3 unspecified atom stereocenters. The van der Waals surface area contributed by atoms with E-state index in [1.54, 1.807) is 0 Å². The maximum atomic E-state index is 6.67. The zero-order valence-electron chi connectivity index (χ0n) is 13.0. The fourth-order valence-corrected chi connectivity index (χ4v) is 4.71. The Labute approximate surface area is 148 Å². The van der Waals surface area contributed by atoms with Crippen LogP contribution in [-0.4, -0.2) is 18.2 Å². The number of piperidine rings is 1. The van der Waals surface area contributed by atoms with E-state index in [2.05, 4.69) is 59.9 Å². The number of nitrogens with one attached hydrogen (secondary N) is 1. The van der Waals surface area contributed by atoms with Gasteiger partial charge >= 0.3 is 0 Å². The van der Waals surface area contributed by atoms with Crippen LogP contribution >= 0.6 is 17.0 Å². The van der Waals surface area contributed by atoms with Crippen LogP contribution in [0.4, 0.5) is 0 Å². The summed E-state index contributed by atoms with van der Waals surface area (Å²) in [5, 5.41) is 3.77. The van der Waals surface area contributed by atoms with Crippen LogP contribution in [0.3, 0.4) is 0 Å². The number of rotatable bonds is 1. The van der Waals surface area contributed by atoms with Crippen LogP contribution < -0.4 is 5.32 Å². The smallest absolute Gasteiger partial charge is 0.108 e. The van der Waals surface area contributed by atoms with E-state index in [0.29, 0.717) is 24.1 Å². The number of benzene rings is 2. The molecule has 2 saturated heterocycles. The molecular weight excluding hydrogens is 350 g/mol. The summed E-state index contributed by atoms with van der Waals surface area (Å²) in [6.07, 6.45) is 4.19. The fraction of sp³-hybridized carbons (Fsp3) is 0.400. The van der Waals surface area contributed by atoms with Gasteiger partial charge in [0, 0.05) is 18.0 Å². The summed E-state index contributed by atoms with van der Waals surface area (Å²) in [4.78, 5) is 0. The monoisotopic (exact) mass is 371 g/mol.